The number of fused-ring (bicyclic) bond motifs is 1. The predicted octanol–water partition coefficient (Wildman–Crippen LogP) is 1.58. The lowest BCUT2D eigenvalue weighted by Crippen LogP contribution is -2.17. The lowest BCUT2D eigenvalue weighted by molar-refractivity contribution is -0.144. The zero-order valence-electron chi connectivity index (χ0n) is 14.9. The number of hydrogen-bond acceptors (Lipinski definition) is 6. The third-order valence-corrected chi connectivity index (χ3v) is 4.04. The summed E-state index contributed by atoms with van der Waals surface area (Å²) in [6, 6.07) is 0. The van der Waals surface area contributed by atoms with Crippen LogP contribution in [-0.2, 0) is 26.2 Å². The summed E-state index contributed by atoms with van der Waals surface area (Å²) in [6.45, 7) is 4.07. The van der Waals surface area contributed by atoms with Crippen LogP contribution < -0.4 is 5.32 Å². The van der Waals surface area contributed by atoms with E-state index in [1.54, 1.807) is 6.92 Å². The number of aromatic nitrogens is 8. The third kappa shape index (κ3) is 3.98. The van der Waals surface area contributed by atoms with Crippen molar-refractivity contribution in [3.63, 3.8) is 0 Å². The van der Waals surface area contributed by atoms with Gasteiger partial charge in [0.1, 0.15) is 17.3 Å². The molecule has 14 heteroatoms. The van der Waals surface area contributed by atoms with Gasteiger partial charge in [0.15, 0.2) is 5.82 Å². The molecule has 4 rings (SSSR count). The molecule has 0 amide bonds. The molecule has 0 bridgehead atoms. The highest BCUT2D eigenvalue weighted by Gasteiger charge is 2.37. The van der Waals surface area contributed by atoms with Crippen LogP contribution in [0, 0.1) is 6.92 Å². The molecule has 0 atom stereocenters. The van der Waals surface area contributed by atoms with Crippen LogP contribution in [0.4, 0.5) is 13.2 Å². The van der Waals surface area contributed by atoms with Crippen molar-refractivity contribution < 1.29 is 13.2 Å². The molecule has 0 unspecified atom stereocenters. The average molecular weight is 440 g/mol. The Morgan fingerprint density at radius 3 is 2.50 bits per heavy atom. The van der Waals surface area contributed by atoms with Crippen molar-refractivity contribution in [3.05, 3.63) is 23.7 Å². The van der Waals surface area contributed by atoms with E-state index in [1.165, 1.54) is 11.7 Å². The first-order valence-corrected chi connectivity index (χ1v) is 8.02. The Kier molecular flexibility index (Phi) is 6.36. The molecule has 3 aromatic heterocycles. The zero-order chi connectivity index (χ0) is 18.5. The Morgan fingerprint density at radius 2 is 1.82 bits per heavy atom. The molecule has 3 aromatic rings. The normalized spacial score (nSPS) is 14.0. The first-order chi connectivity index (χ1) is 12.3. The third-order valence-electron chi connectivity index (χ3n) is 4.04. The summed E-state index contributed by atoms with van der Waals surface area (Å²) < 4.78 is 43.0. The quantitative estimate of drug-likeness (QED) is 0.651. The van der Waals surface area contributed by atoms with E-state index in [0.29, 0.717) is 17.3 Å². The van der Waals surface area contributed by atoms with Crippen LogP contribution in [0.3, 0.4) is 0 Å². The van der Waals surface area contributed by atoms with Crippen molar-refractivity contribution in [2.45, 2.75) is 26.1 Å². The van der Waals surface area contributed by atoms with Crippen molar-refractivity contribution in [1.29, 1.82) is 0 Å². The van der Waals surface area contributed by atoms with E-state index in [1.807, 2.05) is 10.8 Å². The molecule has 0 fully saturated rings. The van der Waals surface area contributed by atoms with E-state index < -0.39 is 12.0 Å². The van der Waals surface area contributed by atoms with Gasteiger partial charge in [-0.25, -0.2) is 14.6 Å². The van der Waals surface area contributed by atoms with Gasteiger partial charge in [0.2, 0.25) is 0 Å². The molecule has 9 nitrogen and oxygen atoms in total. The van der Waals surface area contributed by atoms with Crippen molar-refractivity contribution in [2.75, 3.05) is 13.1 Å². The summed E-state index contributed by atoms with van der Waals surface area (Å²) in [6.07, 6.45) is -2.04. The fourth-order valence-electron chi connectivity index (χ4n) is 2.88. The van der Waals surface area contributed by atoms with E-state index in [4.69, 9.17) is 0 Å². The molecule has 1 aliphatic heterocycles. The molecule has 28 heavy (non-hydrogen) atoms. The molecule has 0 aromatic carbocycles. The van der Waals surface area contributed by atoms with Crippen molar-refractivity contribution in [1.82, 2.24) is 44.4 Å². The van der Waals surface area contributed by atoms with E-state index in [2.05, 4.69) is 30.5 Å². The monoisotopic (exact) mass is 439 g/mol. The summed E-state index contributed by atoms with van der Waals surface area (Å²) >= 11 is 0. The largest absolute Gasteiger partial charge is 0.453 e. The Bertz CT molecular complexity index is 937. The van der Waals surface area contributed by atoms with Crippen LogP contribution in [0.1, 0.15) is 17.5 Å². The topological polar surface area (TPSA) is 91.3 Å². The molecule has 1 N–H and O–H groups in total. The molecule has 0 saturated carbocycles. The number of hydrogen-bond donors (Lipinski definition) is 1. The van der Waals surface area contributed by atoms with Gasteiger partial charge in [0.25, 0.3) is 11.8 Å². The van der Waals surface area contributed by atoms with Crippen molar-refractivity contribution in [3.8, 4) is 17.5 Å². The number of rotatable bonds is 2. The number of nitrogens with zero attached hydrogens (tertiary/aromatic N) is 8. The highest BCUT2D eigenvalue weighted by Crippen LogP contribution is 2.28. The zero-order valence-corrected chi connectivity index (χ0v) is 16.6. The average Bonchev–Trinajstić information content (AvgIpc) is 3.20. The maximum atomic E-state index is 12.9. The summed E-state index contributed by atoms with van der Waals surface area (Å²) in [4.78, 5) is 12.5. The Hall–Kier alpha value is -2.18. The molecule has 0 aliphatic carbocycles. The second-order valence-electron chi connectivity index (χ2n) is 5.99. The molecular formula is C14H18Cl2F3N9. The van der Waals surface area contributed by atoms with Gasteiger partial charge < -0.3 is 9.88 Å². The highest BCUT2D eigenvalue weighted by atomic mass is 35.5. The minimum atomic E-state index is -4.63. The molecule has 0 radical (unpaired) electrons. The van der Waals surface area contributed by atoms with Gasteiger partial charge in [-0.3, -0.25) is 0 Å². The molecular weight excluding hydrogens is 422 g/mol. The van der Waals surface area contributed by atoms with Gasteiger partial charge in [-0.2, -0.15) is 22.8 Å². The van der Waals surface area contributed by atoms with E-state index in [0.717, 1.165) is 36.6 Å². The van der Waals surface area contributed by atoms with Crippen LogP contribution >= 0.6 is 24.8 Å². The first kappa shape index (κ1) is 22.1. The lowest BCUT2D eigenvalue weighted by Gasteiger charge is -2.02. The number of alkyl halides is 3. The SMILES string of the molecule is Cc1nc(-c2cn3c(n2)CCNCC3)n(-c2nc(C(F)(F)F)nn2C)n1.Cl.Cl. The number of nitrogens with one attached hydrogen (secondary N) is 1. The van der Waals surface area contributed by atoms with Crippen molar-refractivity contribution in [2.24, 2.45) is 7.05 Å². The summed E-state index contributed by atoms with van der Waals surface area (Å²) in [5.74, 6) is 0.339. The van der Waals surface area contributed by atoms with Gasteiger partial charge in [-0.1, -0.05) is 0 Å². The molecule has 1 aliphatic rings. The highest BCUT2D eigenvalue weighted by molar-refractivity contribution is 5.85. The van der Waals surface area contributed by atoms with E-state index >= 15 is 0 Å². The van der Waals surface area contributed by atoms with Crippen LogP contribution in [0.2, 0.25) is 0 Å². The van der Waals surface area contributed by atoms with Gasteiger partial charge in [-0.05, 0) is 6.92 Å². The smallest absolute Gasteiger partial charge is 0.333 e. The first-order valence-electron chi connectivity index (χ1n) is 8.02. The summed E-state index contributed by atoms with van der Waals surface area (Å²) in [5.41, 5.74) is 0.541. The maximum absolute atomic E-state index is 12.9. The van der Waals surface area contributed by atoms with E-state index in [9.17, 15) is 13.2 Å². The Labute approximate surface area is 170 Å². The molecule has 154 valence electrons. The maximum Gasteiger partial charge on any atom is 0.453 e. The number of halogens is 5. The number of aryl methyl sites for hydroxylation is 2. The standard InChI is InChI=1S/C14H16F3N9.2ClH/c1-8-19-11(9-7-25-6-5-18-4-3-10(25)20-9)26(22-8)13-21-12(14(15,16)17)23-24(13)2;;/h7,18H,3-6H2,1-2H3;2*1H. The van der Waals surface area contributed by atoms with Gasteiger partial charge in [0, 0.05) is 39.3 Å². The minimum Gasteiger partial charge on any atom is -0.333 e. The van der Waals surface area contributed by atoms with Gasteiger partial charge in [-0.15, -0.1) is 35.0 Å². The van der Waals surface area contributed by atoms with Crippen LogP contribution in [0.25, 0.3) is 17.5 Å². The summed E-state index contributed by atoms with van der Waals surface area (Å²) in [5, 5.41) is 10.9. The number of imidazole rings is 1. The second-order valence-corrected chi connectivity index (χ2v) is 5.99. The van der Waals surface area contributed by atoms with Crippen molar-refractivity contribution >= 4 is 24.8 Å². The van der Waals surface area contributed by atoms with Gasteiger partial charge >= 0.3 is 6.18 Å². The molecule has 0 saturated heterocycles. The fourth-order valence-corrected chi connectivity index (χ4v) is 2.88. The minimum absolute atomic E-state index is 0. The summed E-state index contributed by atoms with van der Waals surface area (Å²) in [7, 11) is 1.38. The predicted molar refractivity (Wildman–Crippen MR) is 97.9 cm³/mol. The lowest BCUT2D eigenvalue weighted by atomic mass is 10.4. The Balaban J connectivity index is 0.00000140. The van der Waals surface area contributed by atoms with E-state index in [-0.39, 0.29) is 30.8 Å². The van der Waals surface area contributed by atoms with Gasteiger partial charge in [0.05, 0.1) is 0 Å². The Morgan fingerprint density at radius 1 is 1.07 bits per heavy atom. The fraction of sp³-hybridized carbons (Fsp3) is 0.500. The van der Waals surface area contributed by atoms with Crippen LogP contribution in [0.5, 0.6) is 0 Å². The van der Waals surface area contributed by atoms with Crippen LogP contribution in [-0.4, -0.2) is 52.2 Å². The second kappa shape index (κ2) is 8.05. The molecule has 0 spiro atoms. The molecule has 4 heterocycles. The van der Waals surface area contributed by atoms with Crippen LogP contribution in [0.15, 0.2) is 6.20 Å².